The van der Waals surface area contributed by atoms with Gasteiger partial charge in [0.15, 0.2) is 0 Å². The zero-order valence-corrected chi connectivity index (χ0v) is 8.81. The monoisotopic (exact) mass is 215 g/mol. The molecule has 5 heteroatoms. The lowest BCUT2D eigenvalue weighted by Crippen LogP contribution is -2.41. The Morgan fingerprint density at radius 2 is 2.00 bits per heavy atom. The molecule has 2 aliphatic heterocycles. The summed E-state index contributed by atoms with van der Waals surface area (Å²) in [6.07, 6.45) is 2.54. The number of carbonyl (C=O) groups is 1. The lowest BCUT2D eigenvalue weighted by Gasteiger charge is -2.29. The van der Waals surface area contributed by atoms with E-state index in [0.29, 0.717) is 19.8 Å². The molecule has 2 saturated heterocycles. The molecule has 0 saturated carbocycles. The molecular weight excluding hydrogens is 198 g/mol. The highest BCUT2D eigenvalue weighted by molar-refractivity contribution is 5.67. The summed E-state index contributed by atoms with van der Waals surface area (Å²) in [5.41, 5.74) is 0. The van der Waals surface area contributed by atoms with Crippen molar-refractivity contribution in [1.82, 2.24) is 4.90 Å². The number of nitrogens with zero attached hydrogens (tertiary/aromatic N) is 1. The van der Waals surface area contributed by atoms with E-state index in [0.717, 1.165) is 25.9 Å². The molecule has 0 aromatic carbocycles. The molecule has 5 nitrogen and oxygen atoms in total. The van der Waals surface area contributed by atoms with Gasteiger partial charge in [0.05, 0.1) is 13.2 Å². The predicted molar refractivity (Wildman–Crippen MR) is 52.5 cm³/mol. The van der Waals surface area contributed by atoms with E-state index in [-0.39, 0.29) is 6.09 Å². The van der Waals surface area contributed by atoms with E-state index in [4.69, 9.17) is 14.2 Å². The molecule has 0 aliphatic carbocycles. The molecule has 2 heterocycles. The summed E-state index contributed by atoms with van der Waals surface area (Å²) in [4.78, 5) is 13.4. The number of carbonyl (C=O) groups excluding carboxylic acids is 1. The van der Waals surface area contributed by atoms with Crippen molar-refractivity contribution in [2.45, 2.75) is 25.6 Å². The van der Waals surface area contributed by atoms with Crippen LogP contribution in [0.15, 0.2) is 0 Å². The van der Waals surface area contributed by atoms with Crippen molar-refractivity contribution < 1.29 is 19.0 Å². The summed E-state index contributed by atoms with van der Waals surface area (Å²) in [6, 6.07) is 0. The predicted octanol–water partition coefficient (Wildman–Crippen LogP) is 0.982. The normalized spacial score (nSPS) is 27.5. The van der Waals surface area contributed by atoms with Crippen molar-refractivity contribution >= 4 is 6.09 Å². The molecule has 0 spiro atoms. The van der Waals surface area contributed by atoms with Gasteiger partial charge in [-0.25, -0.2) is 4.79 Å². The fourth-order valence-electron chi connectivity index (χ4n) is 1.80. The van der Waals surface area contributed by atoms with E-state index in [9.17, 15) is 4.79 Å². The zero-order chi connectivity index (χ0) is 10.5. The second-order valence-corrected chi connectivity index (χ2v) is 3.81. The first-order valence-electron chi connectivity index (χ1n) is 5.51. The van der Waals surface area contributed by atoms with Crippen LogP contribution in [0.25, 0.3) is 0 Å². The summed E-state index contributed by atoms with van der Waals surface area (Å²) in [5, 5.41) is 0. The van der Waals surface area contributed by atoms with Gasteiger partial charge >= 0.3 is 6.09 Å². The van der Waals surface area contributed by atoms with E-state index >= 15 is 0 Å². The summed E-state index contributed by atoms with van der Waals surface area (Å²) >= 11 is 0. The van der Waals surface area contributed by atoms with E-state index in [2.05, 4.69) is 0 Å². The zero-order valence-electron chi connectivity index (χ0n) is 8.81. The number of likely N-dealkylation sites (tertiary alicyclic amines) is 1. The first-order valence-corrected chi connectivity index (χ1v) is 5.51. The molecule has 86 valence electrons. The second-order valence-electron chi connectivity index (χ2n) is 3.81. The van der Waals surface area contributed by atoms with Crippen molar-refractivity contribution in [3.8, 4) is 0 Å². The molecule has 0 bridgehead atoms. The second kappa shape index (κ2) is 5.32. The number of hydrogen-bond donors (Lipinski definition) is 0. The fourth-order valence-corrected chi connectivity index (χ4v) is 1.80. The highest BCUT2D eigenvalue weighted by Crippen LogP contribution is 2.12. The van der Waals surface area contributed by atoms with Crippen molar-refractivity contribution in [1.29, 1.82) is 0 Å². The van der Waals surface area contributed by atoms with Crippen molar-refractivity contribution in [3.05, 3.63) is 0 Å². The van der Waals surface area contributed by atoms with Gasteiger partial charge in [-0.1, -0.05) is 0 Å². The van der Waals surface area contributed by atoms with E-state index in [1.54, 1.807) is 4.90 Å². The van der Waals surface area contributed by atoms with Crippen LogP contribution < -0.4 is 0 Å². The summed E-state index contributed by atoms with van der Waals surface area (Å²) in [7, 11) is 0. The smallest absolute Gasteiger partial charge is 0.412 e. The van der Waals surface area contributed by atoms with Gasteiger partial charge in [0.2, 0.25) is 6.29 Å². The molecule has 1 amide bonds. The SMILES string of the molecule is O=C(OC1COCCO1)N1CCCCC1. The Morgan fingerprint density at radius 1 is 1.20 bits per heavy atom. The minimum Gasteiger partial charge on any atom is -0.417 e. The van der Waals surface area contributed by atoms with Crippen LogP contribution in [0, 0.1) is 0 Å². The number of ether oxygens (including phenoxy) is 3. The average molecular weight is 215 g/mol. The van der Waals surface area contributed by atoms with Gasteiger partial charge in [0, 0.05) is 13.1 Å². The van der Waals surface area contributed by atoms with Gasteiger partial charge < -0.3 is 19.1 Å². The van der Waals surface area contributed by atoms with Crippen LogP contribution in [-0.2, 0) is 14.2 Å². The Hall–Kier alpha value is -0.810. The minimum absolute atomic E-state index is 0.273. The first-order chi connectivity index (χ1) is 7.36. The first kappa shape index (κ1) is 10.7. The average Bonchev–Trinajstić information content (AvgIpc) is 2.31. The van der Waals surface area contributed by atoms with Crippen LogP contribution >= 0.6 is 0 Å². The molecule has 0 N–H and O–H groups in total. The van der Waals surface area contributed by atoms with Crippen LogP contribution in [0.5, 0.6) is 0 Å². The summed E-state index contributed by atoms with van der Waals surface area (Å²) < 4.78 is 15.6. The van der Waals surface area contributed by atoms with Crippen LogP contribution in [0.3, 0.4) is 0 Å². The van der Waals surface area contributed by atoms with Crippen molar-refractivity contribution in [2.24, 2.45) is 0 Å². The third-order valence-electron chi connectivity index (χ3n) is 2.63. The van der Waals surface area contributed by atoms with E-state index in [1.807, 2.05) is 0 Å². The van der Waals surface area contributed by atoms with Gasteiger partial charge in [0.1, 0.15) is 6.61 Å². The lowest BCUT2D eigenvalue weighted by atomic mass is 10.1. The Kier molecular flexibility index (Phi) is 3.80. The number of piperidine rings is 1. The van der Waals surface area contributed by atoms with Crippen molar-refractivity contribution in [3.63, 3.8) is 0 Å². The van der Waals surface area contributed by atoms with Gasteiger partial charge in [-0.2, -0.15) is 0 Å². The third-order valence-corrected chi connectivity index (χ3v) is 2.63. The molecule has 2 rings (SSSR count). The van der Waals surface area contributed by atoms with E-state index < -0.39 is 6.29 Å². The summed E-state index contributed by atoms with van der Waals surface area (Å²) in [6.45, 7) is 3.02. The molecule has 2 fully saturated rings. The van der Waals surface area contributed by atoms with Crippen LogP contribution in [-0.4, -0.2) is 50.2 Å². The Balaban J connectivity index is 1.74. The van der Waals surface area contributed by atoms with Crippen LogP contribution in [0.2, 0.25) is 0 Å². The minimum atomic E-state index is -0.520. The van der Waals surface area contributed by atoms with Crippen molar-refractivity contribution in [2.75, 3.05) is 32.9 Å². The standard InChI is InChI=1S/C10H17NO4/c12-10(11-4-2-1-3-5-11)15-9-8-13-6-7-14-9/h9H,1-8H2. The third kappa shape index (κ3) is 3.07. The molecule has 1 atom stereocenters. The number of rotatable bonds is 1. The molecule has 0 radical (unpaired) electrons. The van der Waals surface area contributed by atoms with Gasteiger partial charge in [-0.15, -0.1) is 0 Å². The molecule has 0 aromatic heterocycles. The fraction of sp³-hybridized carbons (Fsp3) is 0.900. The van der Waals surface area contributed by atoms with Crippen LogP contribution in [0.4, 0.5) is 4.79 Å². The number of amides is 1. The molecule has 15 heavy (non-hydrogen) atoms. The Labute approximate surface area is 89.3 Å². The molecule has 1 unspecified atom stereocenters. The van der Waals surface area contributed by atoms with Gasteiger partial charge in [0.25, 0.3) is 0 Å². The highest BCUT2D eigenvalue weighted by atomic mass is 16.7. The Bertz CT molecular complexity index is 209. The molecular formula is C10H17NO4. The lowest BCUT2D eigenvalue weighted by molar-refractivity contribution is -0.188. The number of hydrogen-bond acceptors (Lipinski definition) is 4. The topological polar surface area (TPSA) is 48.0 Å². The molecule has 0 aromatic rings. The van der Waals surface area contributed by atoms with Crippen LogP contribution in [0.1, 0.15) is 19.3 Å². The van der Waals surface area contributed by atoms with Gasteiger partial charge in [-0.05, 0) is 19.3 Å². The quantitative estimate of drug-likeness (QED) is 0.654. The van der Waals surface area contributed by atoms with Gasteiger partial charge in [-0.3, -0.25) is 0 Å². The maximum atomic E-state index is 11.6. The largest absolute Gasteiger partial charge is 0.417 e. The Morgan fingerprint density at radius 3 is 2.67 bits per heavy atom. The highest BCUT2D eigenvalue weighted by Gasteiger charge is 2.23. The maximum absolute atomic E-state index is 11.6. The summed E-state index contributed by atoms with van der Waals surface area (Å²) in [5.74, 6) is 0. The van der Waals surface area contributed by atoms with E-state index in [1.165, 1.54) is 6.42 Å². The molecule has 2 aliphatic rings. The maximum Gasteiger partial charge on any atom is 0.412 e.